The van der Waals surface area contributed by atoms with Gasteiger partial charge in [-0.05, 0) is 12.1 Å². The minimum Gasteiger partial charge on any atom is -0.491 e. The molecule has 4 heterocycles. The lowest BCUT2D eigenvalue weighted by molar-refractivity contribution is -0.0566. The number of nitrogen functional groups attached to an aromatic ring is 1. The first-order valence-corrected chi connectivity index (χ1v) is 18.0. The number of rotatable bonds is 16. The highest BCUT2D eigenvalue weighted by atomic mass is 31.2. The maximum absolute atomic E-state index is 13.0. The second-order valence-electron chi connectivity index (χ2n) is 10.8. The van der Waals surface area contributed by atoms with Gasteiger partial charge in [-0.1, -0.05) is 18.2 Å². The van der Waals surface area contributed by atoms with E-state index in [1.807, 2.05) is 18.2 Å². The number of ether oxygens (including phenoxy) is 7. The number of para-hydroxylation sites is 1. The second-order valence-corrected chi connectivity index (χ2v) is 15.0. The van der Waals surface area contributed by atoms with Gasteiger partial charge in [-0.3, -0.25) is 13.7 Å². The van der Waals surface area contributed by atoms with Crippen molar-refractivity contribution in [1.82, 2.24) is 19.5 Å². The molecule has 0 saturated carbocycles. The van der Waals surface area contributed by atoms with Gasteiger partial charge in [-0.25, -0.2) is 15.0 Å². The molecule has 0 amide bonds. The van der Waals surface area contributed by atoms with Crippen LogP contribution in [0, 0.1) is 0 Å². The molecule has 3 aromatic rings. The quantitative estimate of drug-likeness (QED) is 0.180. The van der Waals surface area contributed by atoms with E-state index in [1.165, 1.54) is 41.1 Å². The van der Waals surface area contributed by atoms with Crippen molar-refractivity contribution in [3.8, 4) is 5.75 Å². The fourth-order valence-corrected chi connectivity index (χ4v) is 8.90. The molecule has 18 nitrogen and oxygen atoms in total. The maximum atomic E-state index is 13.0. The summed E-state index contributed by atoms with van der Waals surface area (Å²) in [6.07, 6.45) is -3.20. The van der Waals surface area contributed by atoms with Gasteiger partial charge in [0, 0.05) is 28.4 Å². The molecule has 2 aliphatic rings. The molecule has 0 radical (unpaired) electrons. The maximum Gasteiger partial charge on any atom is 0.340 e. The minimum absolute atomic E-state index is 0.116. The third-order valence-electron chi connectivity index (χ3n) is 7.84. The molecule has 4 N–H and O–H groups in total. The van der Waals surface area contributed by atoms with E-state index < -0.39 is 83.3 Å². The number of anilines is 1. The average Bonchev–Trinajstić information content (AvgIpc) is 3.74. The number of nitrogens with zero attached hydrogens (tertiary/aromatic N) is 4. The molecule has 4 unspecified atom stereocenters. The van der Waals surface area contributed by atoms with E-state index in [9.17, 15) is 18.9 Å². The Morgan fingerprint density at radius 2 is 1.34 bits per heavy atom. The van der Waals surface area contributed by atoms with Crippen LogP contribution in [0.5, 0.6) is 5.75 Å². The largest absolute Gasteiger partial charge is 0.491 e. The summed E-state index contributed by atoms with van der Waals surface area (Å²) in [6, 6.07) is 9.10. The van der Waals surface area contributed by atoms with E-state index in [0.717, 1.165) is 0 Å². The minimum atomic E-state index is -4.70. The topological polar surface area (TPSA) is 227 Å². The molecule has 260 valence electrons. The van der Waals surface area contributed by atoms with Crippen molar-refractivity contribution in [1.29, 1.82) is 0 Å². The first-order chi connectivity index (χ1) is 22.5. The monoisotopic (exact) mass is 703 g/mol. The lowest BCUT2D eigenvalue weighted by atomic mass is 10.1. The van der Waals surface area contributed by atoms with Gasteiger partial charge in [0.15, 0.2) is 23.6 Å². The molecule has 0 spiro atoms. The van der Waals surface area contributed by atoms with Crippen molar-refractivity contribution < 1.29 is 61.1 Å². The first kappa shape index (κ1) is 35.7. The van der Waals surface area contributed by atoms with Crippen molar-refractivity contribution in [2.75, 3.05) is 59.9 Å². The molecule has 2 aliphatic heterocycles. The zero-order valence-corrected chi connectivity index (χ0v) is 27.9. The molecule has 0 bridgehead atoms. The normalized spacial score (nSPS) is 30.3. The van der Waals surface area contributed by atoms with Crippen LogP contribution in [0.3, 0.4) is 0 Å². The Morgan fingerprint density at radius 1 is 0.787 bits per heavy atom. The van der Waals surface area contributed by atoms with Crippen LogP contribution in [0.4, 0.5) is 5.82 Å². The van der Waals surface area contributed by atoms with Crippen LogP contribution in [0.1, 0.15) is 6.23 Å². The number of methoxy groups -OCH3 is 4. The van der Waals surface area contributed by atoms with E-state index in [0.29, 0.717) is 16.9 Å². The van der Waals surface area contributed by atoms with Crippen molar-refractivity contribution in [2.24, 2.45) is 0 Å². The summed E-state index contributed by atoms with van der Waals surface area (Å²) in [7, 11) is -3.59. The fraction of sp³-hybridized carbons (Fsp3) is 0.593. The van der Waals surface area contributed by atoms with E-state index in [1.54, 1.807) is 16.7 Å². The molecular formula is C27H39N5O13P2. The summed E-state index contributed by atoms with van der Waals surface area (Å²) in [6.45, 7) is -0.803. The average molecular weight is 704 g/mol. The number of fused-ring (bicyclic) bond motifs is 1. The molecule has 5 rings (SSSR count). The van der Waals surface area contributed by atoms with Gasteiger partial charge in [0.25, 0.3) is 0 Å². The fourth-order valence-electron chi connectivity index (χ4n) is 5.68. The second kappa shape index (κ2) is 15.3. The summed E-state index contributed by atoms with van der Waals surface area (Å²) < 4.78 is 78.2. The van der Waals surface area contributed by atoms with E-state index in [4.69, 9.17) is 47.9 Å². The van der Waals surface area contributed by atoms with Crippen molar-refractivity contribution in [2.45, 2.75) is 49.0 Å². The number of aromatic nitrogens is 4. The lowest BCUT2D eigenvalue weighted by Gasteiger charge is -2.23. The van der Waals surface area contributed by atoms with E-state index >= 15 is 0 Å². The van der Waals surface area contributed by atoms with Gasteiger partial charge in [0.2, 0.25) is 0 Å². The molecule has 47 heavy (non-hydrogen) atoms. The molecular weight excluding hydrogens is 664 g/mol. The van der Waals surface area contributed by atoms with Crippen molar-refractivity contribution in [3.63, 3.8) is 0 Å². The van der Waals surface area contributed by atoms with E-state index in [-0.39, 0.29) is 12.4 Å². The number of imidazole rings is 1. The van der Waals surface area contributed by atoms with Crippen LogP contribution in [-0.4, -0.2) is 126 Å². The van der Waals surface area contributed by atoms with Crippen molar-refractivity contribution >= 4 is 32.2 Å². The molecule has 2 fully saturated rings. The Bertz CT molecular complexity index is 1570. The highest BCUT2D eigenvalue weighted by Gasteiger charge is 2.49. The molecule has 2 aromatic heterocycles. The number of benzene rings is 1. The van der Waals surface area contributed by atoms with Gasteiger partial charge < -0.3 is 57.7 Å². The van der Waals surface area contributed by atoms with Crippen LogP contribution in [-0.2, 0) is 46.6 Å². The SMILES string of the molecule is COC1[C@H](COc2ccccc2)O[C@H](COP(=O)(O)CP(=O)(O)OC[C@H]2O[C@@H](n3cnc4c(N)ncnc43)C(OC)[C@H]2OC)[C@@H]1OC. The van der Waals surface area contributed by atoms with Gasteiger partial charge in [-0.2, -0.15) is 0 Å². The van der Waals surface area contributed by atoms with Crippen LogP contribution in [0.15, 0.2) is 43.0 Å². The Hall–Kier alpha value is -2.57. The number of nitrogens with two attached hydrogens (primary N) is 1. The van der Waals surface area contributed by atoms with E-state index in [2.05, 4.69) is 15.0 Å². The summed E-state index contributed by atoms with van der Waals surface area (Å²) in [5.41, 5.74) is 6.63. The van der Waals surface area contributed by atoms with Crippen LogP contribution < -0.4 is 10.5 Å². The number of hydrogen-bond donors (Lipinski definition) is 3. The summed E-state index contributed by atoms with van der Waals surface area (Å²) in [5.74, 6) is -0.391. The number of hydrogen-bond acceptors (Lipinski definition) is 15. The Kier molecular flexibility index (Phi) is 11.6. The van der Waals surface area contributed by atoms with Gasteiger partial charge in [0.05, 0.1) is 19.5 Å². The highest BCUT2D eigenvalue weighted by Crippen LogP contribution is 2.58. The molecule has 1 aromatic carbocycles. The summed E-state index contributed by atoms with van der Waals surface area (Å²) in [5, 5.41) is 0. The third-order valence-corrected chi connectivity index (χ3v) is 11.8. The highest BCUT2D eigenvalue weighted by molar-refractivity contribution is 7.70. The Morgan fingerprint density at radius 3 is 1.94 bits per heavy atom. The zero-order valence-electron chi connectivity index (χ0n) is 26.1. The first-order valence-electron chi connectivity index (χ1n) is 14.5. The van der Waals surface area contributed by atoms with Gasteiger partial charge >= 0.3 is 15.2 Å². The zero-order chi connectivity index (χ0) is 33.8. The van der Waals surface area contributed by atoms with Gasteiger partial charge in [-0.15, -0.1) is 0 Å². The van der Waals surface area contributed by atoms with Crippen molar-refractivity contribution in [3.05, 3.63) is 43.0 Å². The lowest BCUT2D eigenvalue weighted by Crippen LogP contribution is -2.39. The molecule has 20 heteroatoms. The third kappa shape index (κ3) is 8.19. The molecule has 10 atom stereocenters. The predicted octanol–water partition coefficient (Wildman–Crippen LogP) is 1.57. The van der Waals surface area contributed by atoms with Crippen LogP contribution in [0.25, 0.3) is 11.2 Å². The standard InChI is InChI=1S/C27H39N5O13P2/c1-37-21-17(10-41-16-8-6-5-7-9-16)44-18(22(21)38-2)11-42-46(33,34)15-47(35,36)43-12-19-23(39-3)24(40-4)27(45-19)32-14-31-20-25(28)29-13-30-26(20)32/h5-9,13-14,17-19,21-24,27H,10-12,15H2,1-4H3,(H,33,34)(H,35,36)(H2,28,29,30)/t17-,18+,19+,21?,22-,23-,24?,27+/m0/s1. The van der Waals surface area contributed by atoms with Crippen LogP contribution in [0.2, 0.25) is 0 Å². The van der Waals surface area contributed by atoms with Gasteiger partial charge in [0.1, 0.15) is 66.9 Å². The Balaban J connectivity index is 1.17. The summed E-state index contributed by atoms with van der Waals surface area (Å²) in [4.78, 5) is 33.5. The molecule has 0 aliphatic carbocycles. The predicted molar refractivity (Wildman–Crippen MR) is 164 cm³/mol. The smallest absolute Gasteiger partial charge is 0.340 e. The Labute approximate surface area is 270 Å². The summed E-state index contributed by atoms with van der Waals surface area (Å²) >= 11 is 0. The molecule has 2 saturated heterocycles. The van der Waals surface area contributed by atoms with Crippen LogP contribution >= 0.6 is 15.2 Å².